The van der Waals surface area contributed by atoms with E-state index in [2.05, 4.69) is 9.55 Å². The Bertz CT molecular complexity index is 924. The van der Waals surface area contributed by atoms with Crippen molar-refractivity contribution in [2.24, 2.45) is 0 Å². The smallest absolute Gasteiger partial charge is 0.303 e. The van der Waals surface area contributed by atoms with Gasteiger partial charge in [0.25, 0.3) is 0 Å². The average molecular weight is 397 g/mol. The molecule has 1 aromatic carbocycles. The molecule has 3 rings (SSSR count). The van der Waals surface area contributed by atoms with Crippen LogP contribution in [0.5, 0.6) is 5.75 Å². The van der Waals surface area contributed by atoms with Gasteiger partial charge in [0, 0.05) is 50.7 Å². The van der Waals surface area contributed by atoms with Crippen molar-refractivity contribution in [3.63, 3.8) is 0 Å². The summed E-state index contributed by atoms with van der Waals surface area (Å²) in [4.78, 5) is 19.5. The molecular weight excluding hydrogens is 370 g/mol. The fourth-order valence-corrected chi connectivity index (χ4v) is 3.25. The number of aliphatic carboxylic acids is 1. The Morgan fingerprint density at radius 1 is 1.07 bits per heavy atom. The summed E-state index contributed by atoms with van der Waals surface area (Å²) in [7, 11) is 1.71. The number of nitrogens with zero attached hydrogens (tertiary/aromatic N) is 3. The molecule has 2 aromatic heterocycles. The van der Waals surface area contributed by atoms with Crippen molar-refractivity contribution in [3.05, 3.63) is 42.7 Å². The van der Waals surface area contributed by atoms with Gasteiger partial charge in [-0.25, -0.2) is 4.98 Å². The van der Waals surface area contributed by atoms with Crippen LogP contribution < -0.4 is 4.74 Å². The standard InChI is InChI=1S/C22H27N3O4/c1-28-14-5-13-25-20-16-18(29-15-4-2-3-6-21(26)27)7-8-19(20)24-22(25)17-9-11-23-12-10-17/h7-12,16H,2-6,13-15H2,1H3,(H,26,27). The van der Waals surface area contributed by atoms with E-state index in [1.54, 1.807) is 19.5 Å². The van der Waals surface area contributed by atoms with Gasteiger partial charge in [0.15, 0.2) is 0 Å². The van der Waals surface area contributed by atoms with E-state index in [0.29, 0.717) is 19.6 Å². The molecule has 7 nitrogen and oxygen atoms in total. The van der Waals surface area contributed by atoms with Crippen molar-refractivity contribution in [3.8, 4) is 17.1 Å². The first-order chi connectivity index (χ1) is 14.2. The Labute approximate surface area is 170 Å². The van der Waals surface area contributed by atoms with Crippen LogP contribution in [0.1, 0.15) is 32.1 Å². The third-order valence-electron chi connectivity index (χ3n) is 4.69. The molecule has 0 saturated carbocycles. The number of carboxylic acid groups (broad SMARTS) is 1. The highest BCUT2D eigenvalue weighted by molar-refractivity contribution is 5.82. The lowest BCUT2D eigenvalue weighted by Crippen LogP contribution is -2.04. The van der Waals surface area contributed by atoms with Gasteiger partial charge >= 0.3 is 5.97 Å². The summed E-state index contributed by atoms with van der Waals surface area (Å²) in [5.41, 5.74) is 2.97. The summed E-state index contributed by atoms with van der Waals surface area (Å²) < 4.78 is 13.3. The number of aromatic nitrogens is 3. The Balaban J connectivity index is 1.75. The lowest BCUT2D eigenvalue weighted by Gasteiger charge is -2.10. The second-order valence-corrected chi connectivity index (χ2v) is 6.87. The first-order valence-electron chi connectivity index (χ1n) is 9.93. The third-order valence-corrected chi connectivity index (χ3v) is 4.69. The first kappa shape index (κ1) is 20.8. The van der Waals surface area contributed by atoms with Gasteiger partial charge in [-0.1, -0.05) is 0 Å². The van der Waals surface area contributed by atoms with Gasteiger partial charge in [0.1, 0.15) is 11.6 Å². The van der Waals surface area contributed by atoms with Crippen molar-refractivity contribution in [1.29, 1.82) is 0 Å². The van der Waals surface area contributed by atoms with Crippen molar-refractivity contribution < 1.29 is 19.4 Å². The van der Waals surface area contributed by atoms with Crippen LogP contribution >= 0.6 is 0 Å². The molecule has 0 saturated heterocycles. The molecule has 0 spiro atoms. The number of hydrogen-bond acceptors (Lipinski definition) is 5. The van der Waals surface area contributed by atoms with E-state index in [4.69, 9.17) is 19.6 Å². The normalized spacial score (nSPS) is 11.1. The number of imidazole rings is 1. The Morgan fingerprint density at radius 2 is 1.90 bits per heavy atom. The summed E-state index contributed by atoms with van der Waals surface area (Å²) in [6, 6.07) is 9.86. The van der Waals surface area contributed by atoms with E-state index >= 15 is 0 Å². The maximum absolute atomic E-state index is 10.6. The van der Waals surface area contributed by atoms with Gasteiger partial charge in [-0.05, 0) is 49.9 Å². The number of rotatable bonds is 12. The Morgan fingerprint density at radius 3 is 2.66 bits per heavy atom. The highest BCUT2D eigenvalue weighted by Crippen LogP contribution is 2.28. The molecular formula is C22H27N3O4. The highest BCUT2D eigenvalue weighted by Gasteiger charge is 2.13. The first-order valence-corrected chi connectivity index (χ1v) is 9.93. The molecule has 0 aliphatic heterocycles. The fraction of sp³-hybridized carbons (Fsp3) is 0.409. The predicted octanol–water partition coefficient (Wildman–Crippen LogP) is 4.16. The zero-order valence-electron chi connectivity index (χ0n) is 16.7. The minimum Gasteiger partial charge on any atom is -0.494 e. The molecule has 2 heterocycles. The average Bonchev–Trinajstić information content (AvgIpc) is 3.09. The Kier molecular flexibility index (Phi) is 7.58. The third kappa shape index (κ3) is 5.77. The van der Waals surface area contributed by atoms with Crippen LogP contribution in [0.4, 0.5) is 0 Å². The number of carbonyl (C=O) groups is 1. The maximum Gasteiger partial charge on any atom is 0.303 e. The topological polar surface area (TPSA) is 86.5 Å². The molecule has 0 unspecified atom stereocenters. The molecule has 0 aliphatic rings. The van der Waals surface area contributed by atoms with Gasteiger partial charge in [-0.15, -0.1) is 0 Å². The minimum absolute atomic E-state index is 0.213. The molecule has 29 heavy (non-hydrogen) atoms. The second-order valence-electron chi connectivity index (χ2n) is 6.87. The number of methoxy groups -OCH3 is 1. The maximum atomic E-state index is 10.6. The second kappa shape index (κ2) is 10.6. The Hall–Kier alpha value is -2.93. The zero-order valence-corrected chi connectivity index (χ0v) is 16.7. The number of carboxylic acids is 1. The van der Waals surface area contributed by atoms with Crippen LogP contribution in [0.25, 0.3) is 22.4 Å². The number of fused-ring (bicyclic) bond motifs is 1. The summed E-state index contributed by atoms with van der Waals surface area (Å²) in [6.45, 7) is 2.04. The molecule has 0 bridgehead atoms. The number of unbranched alkanes of at least 4 members (excludes halogenated alkanes) is 2. The molecule has 7 heteroatoms. The van der Waals surface area contributed by atoms with Gasteiger partial charge in [0.05, 0.1) is 17.6 Å². The lowest BCUT2D eigenvalue weighted by molar-refractivity contribution is -0.137. The van der Waals surface area contributed by atoms with Crippen LogP contribution in [-0.2, 0) is 16.1 Å². The largest absolute Gasteiger partial charge is 0.494 e. The van der Waals surface area contributed by atoms with Crippen LogP contribution in [0.2, 0.25) is 0 Å². The highest BCUT2D eigenvalue weighted by atomic mass is 16.5. The quantitative estimate of drug-likeness (QED) is 0.462. The molecule has 154 valence electrons. The van der Waals surface area contributed by atoms with Gasteiger partial charge in [-0.3, -0.25) is 9.78 Å². The van der Waals surface area contributed by atoms with Crippen molar-refractivity contribution >= 4 is 17.0 Å². The molecule has 0 radical (unpaired) electrons. The van der Waals surface area contributed by atoms with E-state index in [-0.39, 0.29) is 6.42 Å². The van der Waals surface area contributed by atoms with Crippen LogP contribution in [-0.4, -0.2) is 45.9 Å². The van der Waals surface area contributed by atoms with Crippen molar-refractivity contribution in [1.82, 2.24) is 14.5 Å². The number of ether oxygens (including phenoxy) is 2. The SMILES string of the molecule is COCCCn1c(-c2ccncc2)nc2ccc(OCCCCCC(=O)O)cc21. The van der Waals surface area contributed by atoms with Gasteiger partial charge in [0.2, 0.25) is 0 Å². The van der Waals surface area contributed by atoms with Crippen molar-refractivity contribution in [2.45, 2.75) is 38.6 Å². The van der Waals surface area contributed by atoms with E-state index in [1.807, 2.05) is 30.3 Å². The lowest BCUT2D eigenvalue weighted by atomic mass is 10.2. The van der Waals surface area contributed by atoms with E-state index < -0.39 is 5.97 Å². The summed E-state index contributed by atoms with van der Waals surface area (Å²) >= 11 is 0. The predicted molar refractivity (Wildman–Crippen MR) is 111 cm³/mol. The zero-order chi connectivity index (χ0) is 20.5. The van der Waals surface area contributed by atoms with Gasteiger partial charge in [-0.2, -0.15) is 0 Å². The molecule has 0 amide bonds. The fourth-order valence-electron chi connectivity index (χ4n) is 3.25. The molecule has 1 N–H and O–H groups in total. The molecule has 0 atom stereocenters. The number of aryl methyl sites for hydroxylation is 1. The van der Waals surface area contributed by atoms with E-state index in [1.165, 1.54) is 0 Å². The van der Waals surface area contributed by atoms with Gasteiger partial charge < -0.3 is 19.1 Å². The summed E-state index contributed by atoms with van der Waals surface area (Å²) in [5, 5.41) is 8.69. The number of hydrogen-bond donors (Lipinski definition) is 1. The summed E-state index contributed by atoms with van der Waals surface area (Å²) in [6.07, 6.45) is 6.99. The molecule has 3 aromatic rings. The molecule has 0 aliphatic carbocycles. The minimum atomic E-state index is -0.747. The monoisotopic (exact) mass is 397 g/mol. The number of pyridine rings is 1. The molecule has 0 fully saturated rings. The summed E-state index contributed by atoms with van der Waals surface area (Å²) in [5.74, 6) is 0.956. The van der Waals surface area contributed by atoms with Crippen LogP contribution in [0, 0.1) is 0 Å². The van der Waals surface area contributed by atoms with Crippen molar-refractivity contribution in [2.75, 3.05) is 20.3 Å². The number of benzene rings is 1. The van der Waals surface area contributed by atoms with E-state index in [9.17, 15) is 4.79 Å². The van der Waals surface area contributed by atoms with Crippen LogP contribution in [0.3, 0.4) is 0 Å². The van der Waals surface area contributed by atoms with E-state index in [0.717, 1.165) is 54.0 Å². The van der Waals surface area contributed by atoms with Crippen LogP contribution in [0.15, 0.2) is 42.7 Å².